The van der Waals surface area contributed by atoms with Crippen LogP contribution in [0.4, 0.5) is 0 Å². The van der Waals surface area contributed by atoms with Crippen molar-refractivity contribution >= 4 is 27.7 Å². The van der Waals surface area contributed by atoms with Crippen LogP contribution in [0.2, 0.25) is 0 Å². The van der Waals surface area contributed by atoms with Crippen molar-refractivity contribution in [2.75, 3.05) is 0 Å². The van der Waals surface area contributed by atoms with Gasteiger partial charge in [0.15, 0.2) is 17.0 Å². The molecule has 1 unspecified atom stereocenters. The number of aromatic nitrogens is 1. The Morgan fingerprint density at radius 2 is 1.77 bits per heavy atom. The molecule has 30 heavy (non-hydrogen) atoms. The Labute approximate surface area is 180 Å². The van der Waals surface area contributed by atoms with Gasteiger partial charge in [0, 0.05) is 16.2 Å². The quantitative estimate of drug-likeness (QED) is 0.575. The zero-order chi connectivity index (χ0) is 21.1. The van der Waals surface area contributed by atoms with Crippen molar-refractivity contribution < 1.29 is 24.5 Å². The van der Waals surface area contributed by atoms with Crippen LogP contribution in [0.5, 0.6) is 5.75 Å². The summed E-state index contributed by atoms with van der Waals surface area (Å²) in [4.78, 5) is 30.0. The first kappa shape index (κ1) is 19.0. The number of carbonyl (C=O) groups excluding carboxylic acids is 1. The predicted molar refractivity (Wildman–Crippen MR) is 110 cm³/mol. The summed E-state index contributed by atoms with van der Waals surface area (Å²) in [5, 5.41) is 22.0. The number of carboxylic acids is 1. The Balaban J connectivity index is 1.88. The normalized spacial score (nSPS) is 29.2. The third-order valence-corrected chi connectivity index (χ3v) is 6.62. The number of carboxylic acid groups (broad SMARTS) is 1. The van der Waals surface area contributed by atoms with E-state index in [4.69, 9.17) is 4.74 Å². The molecule has 2 aromatic carbocycles. The summed E-state index contributed by atoms with van der Waals surface area (Å²) in [6.45, 7) is 0. The smallest absolute Gasteiger partial charge is 0.314 e. The van der Waals surface area contributed by atoms with Crippen LogP contribution >= 0.6 is 15.9 Å². The second kappa shape index (κ2) is 6.48. The molecule has 0 saturated heterocycles. The molecular weight excluding hydrogens is 450 g/mol. The van der Waals surface area contributed by atoms with E-state index in [1.165, 1.54) is 18.5 Å². The van der Waals surface area contributed by atoms with Gasteiger partial charge in [-0.15, -0.1) is 0 Å². The predicted octanol–water partition coefficient (Wildman–Crippen LogP) is 3.39. The van der Waals surface area contributed by atoms with Gasteiger partial charge in [-0.25, -0.2) is 0 Å². The zero-order valence-electron chi connectivity index (χ0n) is 15.5. The lowest BCUT2D eigenvalue weighted by Crippen LogP contribution is -2.50. The van der Waals surface area contributed by atoms with Gasteiger partial charge in [0.25, 0.3) is 0 Å². The SMILES string of the molecule is O=C(O)C1C(=O)[C@@]2(O)c3ccncc3O[C@@]2(c2ccc(Br)cc2)[C@@H]1c1ccccc1. The molecule has 1 aliphatic carbocycles. The number of hydrogen-bond donors (Lipinski definition) is 2. The van der Waals surface area contributed by atoms with E-state index in [1.54, 1.807) is 48.5 Å². The third kappa shape index (κ3) is 2.24. The van der Waals surface area contributed by atoms with Gasteiger partial charge in [0.1, 0.15) is 11.7 Å². The molecule has 4 atom stereocenters. The van der Waals surface area contributed by atoms with E-state index in [0.717, 1.165) is 4.47 Å². The molecule has 3 aromatic rings. The van der Waals surface area contributed by atoms with Gasteiger partial charge >= 0.3 is 5.97 Å². The van der Waals surface area contributed by atoms with Crippen LogP contribution in [0.1, 0.15) is 22.6 Å². The van der Waals surface area contributed by atoms with E-state index >= 15 is 0 Å². The molecule has 5 rings (SSSR count). The molecule has 150 valence electrons. The van der Waals surface area contributed by atoms with E-state index in [1.807, 2.05) is 6.07 Å². The minimum Gasteiger partial charge on any atom is -0.481 e. The first-order chi connectivity index (χ1) is 14.4. The zero-order valence-corrected chi connectivity index (χ0v) is 17.1. The molecule has 1 saturated carbocycles. The van der Waals surface area contributed by atoms with Crippen molar-refractivity contribution in [2.45, 2.75) is 17.1 Å². The monoisotopic (exact) mass is 465 g/mol. The van der Waals surface area contributed by atoms with E-state index in [0.29, 0.717) is 11.1 Å². The number of rotatable bonds is 3. The van der Waals surface area contributed by atoms with Crippen LogP contribution in [0, 0.1) is 5.92 Å². The van der Waals surface area contributed by atoms with Crippen LogP contribution in [0.15, 0.2) is 77.5 Å². The molecule has 0 spiro atoms. The fraction of sp³-hybridized carbons (Fsp3) is 0.174. The Kier molecular flexibility index (Phi) is 4.10. The molecule has 1 fully saturated rings. The summed E-state index contributed by atoms with van der Waals surface area (Å²) in [7, 11) is 0. The van der Waals surface area contributed by atoms with Gasteiger partial charge in [-0.2, -0.15) is 0 Å². The second-order valence-electron chi connectivity index (χ2n) is 7.50. The van der Waals surface area contributed by atoms with Gasteiger partial charge in [-0.3, -0.25) is 14.6 Å². The number of benzene rings is 2. The van der Waals surface area contributed by atoms with Crippen LogP contribution in [-0.4, -0.2) is 26.9 Å². The van der Waals surface area contributed by atoms with Gasteiger partial charge in [-0.05, 0) is 29.3 Å². The van der Waals surface area contributed by atoms with Gasteiger partial charge in [0.2, 0.25) is 0 Å². The first-order valence-corrected chi connectivity index (χ1v) is 10.1. The highest BCUT2D eigenvalue weighted by atomic mass is 79.9. The summed E-state index contributed by atoms with van der Waals surface area (Å²) in [6, 6.07) is 17.4. The van der Waals surface area contributed by atoms with E-state index in [9.17, 15) is 19.8 Å². The fourth-order valence-electron chi connectivity index (χ4n) is 4.91. The van der Waals surface area contributed by atoms with E-state index in [-0.39, 0.29) is 11.3 Å². The lowest BCUT2D eigenvalue weighted by molar-refractivity contribution is -0.154. The van der Waals surface area contributed by atoms with Gasteiger partial charge in [0.05, 0.1) is 12.1 Å². The number of Topliss-reactive ketones (excluding diaryl/α,β-unsaturated/α-hetero) is 1. The highest BCUT2D eigenvalue weighted by Gasteiger charge is 2.77. The minimum absolute atomic E-state index is 0.232. The van der Waals surface area contributed by atoms with Crippen LogP contribution in [0.25, 0.3) is 0 Å². The lowest BCUT2D eigenvalue weighted by atomic mass is 9.71. The highest BCUT2D eigenvalue weighted by Crippen LogP contribution is 2.66. The maximum absolute atomic E-state index is 13.6. The molecule has 0 bridgehead atoms. The van der Waals surface area contributed by atoms with Crippen molar-refractivity contribution in [3.63, 3.8) is 0 Å². The molecule has 2 N–H and O–H groups in total. The van der Waals surface area contributed by atoms with Crippen LogP contribution in [-0.2, 0) is 20.8 Å². The Hall–Kier alpha value is -3.03. The molecule has 0 amide bonds. The minimum atomic E-state index is -2.18. The molecule has 1 aliphatic heterocycles. The van der Waals surface area contributed by atoms with Crippen molar-refractivity contribution in [3.05, 3.63) is 94.2 Å². The standard InChI is InChI=1S/C23H16BrNO5/c24-15-8-6-14(7-9-15)23-19(13-4-2-1-3-5-13)18(21(27)28)20(26)22(23,29)16-10-11-25-12-17(16)30-23/h1-12,18-19,29H,(H,27,28)/t18?,19-,22+,23+/m1/s1. The molecule has 2 aliphatic rings. The second-order valence-corrected chi connectivity index (χ2v) is 8.41. The summed E-state index contributed by atoms with van der Waals surface area (Å²) in [5.41, 5.74) is -2.49. The van der Waals surface area contributed by atoms with E-state index < -0.39 is 34.8 Å². The summed E-state index contributed by atoms with van der Waals surface area (Å²) < 4.78 is 7.16. The molecule has 2 heterocycles. The van der Waals surface area contributed by atoms with Crippen LogP contribution in [0.3, 0.4) is 0 Å². The third-order valence-electron chi connectivity index (χ3n) is 6.09. The molecular formula is C23H16BrNO5. The average molecular weight is 466 g/mol. The Morgan fingerprint density at radius 1 is 1.07 bits per heavy atom. The van der Waals surface area contributed by atoms with Crippen LogP contribution < -0.4 is 4.74 Å². The highest BCUT2D eigenvalue weighted by molar-refractivity contribution is 9.10. The summed E-state index contributed by atoms with van der Waals surface area (Å²) in [5.74, 6) is -4.27. The maximum atomic E-state index is 13.6. The summed E-state index contributed by atoms with van der Waals surface area (Å²) in [6.07, 6.45) is 2.90. The largest absolute Gasteiger partial charge is 0.481 e. The average Bonchev–Trinajstić information content (AvgIpc) is 3.13. The summed E-state index contributed by atoms with van der Waals surface area (Å²) >= 11 is 3.40. The number of ketones is 1. The maximum Gasteiger partial charge on any atom is 0.314 e. The molecule has 6 nitrogen and oxygen atoms in total. The number of aliphatic hydroxyl groups is 1. The molecule has 1 aromatic heterocycles. The number of carbonyl (C=O) groups is 2. The van der Waals surface area contributed by atoms with Crippen molar-refractivity contribution in [2.24, 2.45) is 5.92 Å². The molecule has 7 heteroatoms. The topological polar surface area (TPSA) is 96.7 Å². The van der Waals surface area contributed by atoms with Gasteiger partial charge in [-0.1, -0.05) is 58.4 Å². The number of aliphatic carboxylic acids is 1. The first-order valence-electron chi connectivity index (χ1n) is 9.35. The Morgan fingerprint density at radius 3 is 2.43 bits per heavy atom. The number of pyridine rings is 1. The molecule has 0 radical (unpaired) electrons. The fourth-order valence-corrected chi connectivity index (χ4v) is 5.17. The van der Waals surface area contributed by atoms with Crippen molar-refractivity contribution in [3.8, 4) is 5.75 Å². The van der Waals surface area contributed by atoms with Crippen molar-refractivity contribution in [1.29, 1.82) is 0 Å². The number of fused-ring (bicyclic) bond motifs is 3. The number of hydrogen-bond acceptors (Lipinski definition) is 5. The van der Waals surface area contributed by atoms with Crippen molar-refractivity contribution in [1.82, 2.24) is 4.98 Å². The number of halogens is 1. The van der Waals surface area contributed by atoms with Gasteiger partial charge < -0.3 is 14.9 Å². The Bertz CT molecular complexity index is 1170. The number of nitrogens with zero attached hydrogens (tertiary/aromatic N) is 1. The number of ether oxygens (including phenoxy) is 1. The lowest BCUT2D eigenvalue weighted by Gasteiger charge is -2.39. The van der Waals surface area contributed by atoms with E-state index in [2.05, 4.69) is 20.9 Å².